The summed E-state index contributed by atoms with van der Waals surface area (Å²) in [5.74, 6) is 0.507. The van der Waals surface area contributed by atoms with Crippen molar-refractivity contribution in [3.8, 4) is 11.8 Å². The van der Waals surface area contributed by atoms with Crippen LogP contribution in [0.15, 0.2) is 35.7 Å². The van der Waals surface area contributed by atoms with Gasteiger partial charge in [0.2, 0.25) is 5.91 Å². The fraction of sp³-hybridized carbons (Fsp3) is 0.375. The molecule has 0 saturated carbocycles. The highest BCUT2D eigenvalue weighted by molar-refractivity contribution is 7.99. The number of thioether (sulfide) groups is 1. The number of carbonyl (C=O) groups is 1. The number of nitriles is 1. The first-order chi connectivity index (χ1) is 15.9. The maximum absolute atomic E-state index is 12.9. The van der Waals surface area contributed by atoms with Gasteiger partial charge in [-0.05, 0) is 56.9 Å². The molecule has 9 heteroatoms. The third kappa shape index (κ3) is 4.81. The molecular weight excluding hydrogens is 458 g/mol. The van der Waals surface area contributed by atoms with Crippen LogP contribution in [0.1, 0.15) is 35.2 Å². The number of rotatable bonds is 7. The van der Waals surface area contributed by atoms with Crippen LogP contribution in [0, 0.1) is 32.1 Å². The summed E-state index contributed by atoms with van der Waals surface area (Å²) in [7, 11) is 0. The zero-order valence-electron chi connectivity index (χ0n) is 18.9. The molecule has 1 amide bonds. The Morgan fingerprint density at radius 3 is 2.91 bits per heavy atom. The van der Waals surface area contributed by atoms with Gasteiger partial charge in [-0.3, -0.25) is 9.36 Å². The van der Waals surface area contributed by atoms with Gasteiger partial charge in [-0.15, -0.1) is 0 Å². The molecule has 33 heavy (non-hydrogen) atoms. The lowest BCUT2D eigenvalue weighted by atomic mass is 10.2. The summed E-state index contributed by atoms with van der Waals surface area (Å²) in [5, 5.41) is 14.1. The Hall–Kier alpha value is -2.73. The normalized spacial score (nSPS) is 15.5. The van der Waals surface area contributed by atoms with Gasteiger partial charge >= 0.3 is 0 Å². The molecule has 1 aliphatic heterocycles. The maximum atomic E-state index is 12.9. The van der Waals surface area contributed by atoms with E-state index in [4.69, 9.17) is 16.3 Å². The first kappa shape index (κ1) is 23.4. The Morgan fingerprint density at radius 2 is 2.18 bits per heavy atom. The lowest BCUT2D eigenvalue weighted by molar-refractivity contribution is -0.113. The van der Waals surface area contributed by atoms with Crippen LogP contribution in [0.5, 0.6) is 0 Å². The molecule has 1 saturated heterocycles. The van der Waals surface area contributed by atoms with Gasteiger partial charge < -0.3 is 14.6 Å². The highest BCUT2D eigenvalue weighted by atomic mass is 35.5. The van der Waals surface area contributed by atoms with Gasteiger partial charge in [0.25, 0.3) is 0 Å². The molecule has 0 radical (unpaired) electrons. The molecular formula is C24H26ClN5O2S. The Labute approximate surface area is 202 Å². The molecule has 1 aliphatic rings. The van der Waals surface area contributed by atoms with Crippen molar-refractivity contribution in [1.29, 1.82) is 5.26 Å². The van der Waals surface area contributed by atoms with Gasteiger partial charge in [-0.1, -0.05) is 29.4 Å². The number of carbonyl (C=O) groups excluding carboxylic acids is 1. The van der Waals surface area contributed by atoms with E-state index in [1.54, 1.807) is 6.20 Å². The zero-order valence-corrected chi connectivity index (χ0v) is 20.5. The molecule has 0 spiro atoms. The van der Waals surface area contributed by atoms with Crippen LogP contribution in [0.25, 0.3) is 5.69 Å². The monoisotopic (exact) mass is 483 g/mol. The number of aromatic nitrogens is 3. The Balaban J connectivity index is 1.51. The number of benzene rings is 1. The first-order valence-electron chi connectivity index (χ1n) is 10.8. The fourth-order valence-corrected chi connectivity index (χ4v) is 5.02. The first-order valence-corrected chi connectivity index (χ1v) is 12.2. The van der Waals surface area contributed by atoms with E-state index in [1.165, 1.54) is 11.8 Å². The second-order valence-electron chi connectivity index (χ2n) is 8.09. The van der Waals surface area contributed by atoms with Gasteiger partial charge in [-0.25, -0.2) is 4.98 Å². The van der Waals surface area contributed by atoms with E-state index in [0.29, 0.717) is 28.1 Å². The summed E-state index contributed by atoms with van der Waals surface area (Å²) < 4.78 is 9.71. The van der Waals surface area contributed by atoms with Gasteiger partial charge in [0.15, 0.2) is 5.16 Å². The number of halogens is 1. The van der Waals surface area contributed by atoms with E-state index in [1.807, 2.05) is 54.3 Å². The predicted molar refractivity (Wildman–Crippen MR) is 130 cm³/mol. The highest BCUT2D eigenvalue weighted by Gasteiger charge is 2.24. The summed E-state index contributed by atoms with van der Waals surface area (Å²) in [6.45, 7) is 7.21. The van der Waals surface area contributed by atoms with Crippen molar-refractivity contribution in [2.75, 3.05) is 17.7 Å². The number of ether oxygens (including phenoxy) is 1. The lowest BCUT2D eigenvalue weighted by Gasteiger charge is -2.17. The quantitative estimate of drug-likeness (QED) is 0.476. The molecule has 3 heterocycles. The molecule has 7 nitrogen and oxygen atoms in total. The Bertz CT molecular complexity index is 1220. The van der Waals surface area contributed by atoms with Crippen molar-refractivity contribution in [3.63, 3.8) is 0 Å². The van der Waals surface area contributed by atoms with Crippen molar-refractivity contribution >= 4 is 35.1 Å². The number of nitrogens with zero attached hydrogens (tertiary/aromatic N) is 4. The van der Waals surface area contributed by atoms with Crippen LogP contribution >= 0.6 is 23.4 Å². The van der Waals surface area contributed by atoms with E-state index >= 15 is 0 Å². The average Bonchev–Trinajstić information content (AvgIpc) is 3.53. The van der Waals surface area contributed by atoms with Gasteiger partial charge in [0.1, 0.15) is 11.9 Å². The minimum Gasteiger partial charge on any atom is -0.376 e. The number of imidazole rings is 1. The summed E-state index contributed by atoms with van der Waals surface area (Å²) in [5.41, 5.74) is 4.22. The Kier molecular flexibility index (Phi) is 7.13. The predicted octanol–water partition coefficient (Wildman–Crippen LogP) is 5.03. The molecule has 0 bridgehead atoms. The second-order valence-corrected chi connectivity index (χ2v) is 9.44. The molecule has 1 fully saturated rings. The molecule has 172 valence electrons. The van der Waals surface area contributed by atoms with Crippen LogP contribution in [0.4, 0.5) is 5.82 Å². The van der Waals surface area contributed by atoms with E-state index in [-0.39, 0.29) is 17.8 Å². The Morgan fingerprint density at radius 1 is 1.36 bits per heavy atom. The third-order valence-corrected chi connectivity index (χ3v) is 7.42. The number of nitrogens with one attached hydrogen (secondary N) is 1. The largest absolute Gasteiger partial charge is 0.376 e. The van der Waals surface area contributed by atoms with E-state index in [0.717, 1.165) is 42.0 Å². The van der Waals surface area contributed by atoms with E-state index in [2.05, 4.69) is 16.4 Å². The summed E-state index contributed by atoms with van der Waals surface area (Å²) in [6, 6.07) is 7.96. The lowest BCUT2D eigenvalue weighted by Crippen LogP contribution is -2.22. The van der Waals surface area contributed by atoms with Gasteiger partial charge in [-0.2, -0.15) is 5.26 Å². The number of anilines is 1. The zero-order chi connectivity index (χ0) is 23.5. The standard InChI is InChI=1S/C24H26ClN5O2S/c1-15-17(3)30(13-18-6-5-11-32-18)23(19(15)12-26)28-22(31)14-33-24-27-9-10-29(24)21-8-4-7-20(25)16(21)2/h4,7-10,18H,5-6,11,13-14H2,1-3H3,(H,28,31)/t18-/m1/s1. The topological polar surface area (TPSA) is 84.9 Å². The fourth-order valence-electron chi connectivity index (χ4n) is 4.09. The summed E-state index contributed by atoms with van der Waals surface area (Å²) >= 11 is 7.61. The minimum atomic E-state index is -0.194. The smallest absolute Gasteiger partial charge is 0.235 e. The molecule has 3 aromatic rings. The van der Waals surface area contributed by atoms with Gasteiger partial charge in [0.05, 0.1) is 29.7 Å². The van der Waals surface area contributed by atoms with Crippen molar-refractivity contribution in [3.05, 3.63) is 58.0 Å². The molecule has 1 aromatic carbocycles. The van der Waals surface area contributed by atoms with Crippen LogP contribution in [0.2, 0.25) is 5.02 Å². The van der Waals surface area contributed by atoms with Crippen LogP contribution in [-0.2, 0) is 16.1 Å². The summed E-state index contributed by atoms with van der Waals surface area (Å²) in [4.78, 5) is 17.3. The molecule has 2 aromatic heterocycles. The van der Waals surface area contributed by atoms with Crippen molar-refractivity contribution in [2.45, 2.75) is 51.4 Å². The highest BCUT2D eigenvalue weighted by Crippen LogP contribution is 2.30. The molecule has 0 aliphatic carbocycles. The van der Waals surface area contributed by atoms with E-state index in [9.17, 15) is 10.1 Å². The average molecular weight is 484 g/mol. The van der Waals surface area contributed by atoms with E-state index < -0.39 is 0 Å². The number of hydrogen-bond acceptors (Lipinski definition) is 5. The van der Waals surface area contributed by atoms with Crippen LogP contribution in [0.3, 0.4) is 0 Å². The molecule has 4 rings (SSSR count). The second kappa shape index (κ2) is 10.0. The molecule has 0 unspecified atom stereocenters. The van der Waals surface area contributed by atoms with Crippen LogP contribution < -0.4 is 5.32 Å². The third-order valence-electron chi connectivity index (χ3n) is 6.05. The summed E-state index contributed by atoms with van der Waals surface area (Å²) in [6.07, 6.45) is 5.67. The number of hydrogen-bond donors (Lipinski definition) is 1. The molecule has 1 N–H and O–H groups in total. The van der Waals surface area contributed by atoms with Crippen molar-refractivity contribution < 1.29 is 9.53 Å². The maximum Gasteiger partial charge on any atom is 0.235 e. The number of amides is 1. The van der Waals surface area contributed by atoms with Crippen molar-refractivity contribution in [2.24, 2.45) is 0 Å². The SMILES string of the molecule is Cc1c(Cl)cccc1-n1ccnc1SCC(=O)Nc1c(C#N)c(C)c(C)n1C[C@H]1CCCO1. The van der Waals surface area contributed by atoms with Gasteiger partial charge in [0, 0.05) is 29.7 Å². The van der Waals surface area contributed by atoms with Crippen molar-refractivity contribution in [1.82, 2.24) is 14.1 Å². The molecule has 1 atom stereocenters. The minimum absolute atomic E-state index is 0.0977. The van der Waals surface area contributed by atoms with Crippen LogP contribution in [-0.4, -0.2) is 38.5 Å².